The maximum atomic E-state index is 2.50. The number of benzene rings is 3. The van der Waals surface area contributed by atoms with E-state index in [1.807, 2.05) is 0 Å². The lowest BCUT2D eigenvalue weighted by Gasteiger charge is -2.32. The molecule has 2 heteroatoms. The highest BCUT2D eigenvalue weighted by Crippen LogP contribution is 2.52. The average Bonchev–Trinajstić information content (AvgIpc) is 3.28. The Morgan fingerprint density at radius 1 is 0.537 bits per heavy atom. The highest BCUT2D eigenvalue weighted by atomic mass is 14.9. The van der Waals surface area contributed by atoms with Crippen LogP contribution in [-0.2, 0) is 31.3 Å². The third kappa shape index (κ3) is 5.61. The fourth-order valence-corrected chi connectivity index (χ4v) is 6.61. The van der Waals surface area contributed by atoms with E-state index in [1.165, 1.54) is 70.2 Å². The molecule has 2 aromatic heterocycles. The molecule has 5 aromatic rings. The van der Waals surface area contributed by atoms with Crippen LogP contribution in [0.4, 0.5) is 0 Å². The van der Waals surface area contributed by atoms with E-state index in [9.17, 15) is 0 Å². The maximum absolute atomic E-state index is 2.50. The van der Waals surface area contributed by atoms with Gasteiger partial charge in [-0.3, -0.25) is 0 Å². The van der Waals surface area contributed by atoms with Gasteiger partial charge < -0.3 is 0 Å². The Morgan fingerprint density at radius 3 is 1.71 bits per heavy atom. The summed E-state index contributed by atoms with van der Waals surface area (Å²) < 4.78 is 4.73. The highest BCUT2D eigenvalue weighted by Gasteiger charge is 2.45. The lowest BCUT2D eigenvalue weighted by molar-refractivity contribution is -0.697. The number of hydrogen-bond donors (Lipinski definition) is 0. The normalized spacial score (nSPS) is 13.1. The predicted molar refractivity (Wildman–Crippen MR) is 169 cm³/mol. The molecule has 41 heavy (non-hydrogen) atoms. The van der Waals surface area contributed by atoms with Crippen molar-refractivity contribution in [1.82, 2.24) is 0 Å². The second-order valence-electron chi connectivity index (χ2n) is 11.7. The number of pyridine rings is 2. The molecule has 2 nitrogen and oxygen atoms in total. The molecule has 0 saturated heterocycles. The monoisotopic (exact) mass is 538 g/mol. The molecular weight excluding hydrogens is 496 g/mol. The Hall–Kier alpha value is -4.04. The predicted octanol–water partition coefficient (Wildman–Crippen LogP) is 8.28. The molecule has 0 atom stereocenters. The van der Waals surface area contributed by atoms with Crippen molar-refractivity contribution in [2.24, 2.45) is 0 Å². The van der Waals surface area contributed by atoms with E-state index in [0.29, 0.717) is 0 Å². The van der Waals surface area contributed by atoms with Gasteiger partial charge in [-0.15, -0.1) is 0 Å². The SMILES string of the molecule is CCCC[n+]1ccc(-c2ccc3c(c2)C(Cc2ccccc2)(Cc2ccccc2)c2c[n+](CCCC)ccc2-3)cc1. The van der Waals surface area contributed by atoms with Crippen molar-refractivity contribution in [3.05, 3.63) is 144 Å². The summed E-state index contributed by atoms with van der Waals surface area (Å²) in [4.78, 5) is 0. The van der Waals surface area contributed by atoms with E-state index < -0.39 is 0 Å². The summed E-state index contributed by atoms with van der Waals surface area (Å²) in [7, 11) is 0. The Bertz CT molecular complexity index is 1550. The van der Waals surface area contributed by atoms with E-state index in [0.717, 1.165) is 25.9 Å². The van der Waals surface area contributed by atoms with Crippen LogP contribution in [0.3, 0.4) is 0 Å². The number of nitrogens with zero attached hydrogens (tertiary/aromatic N) is 2. The summed E-state index contributed by atoms with van der Waals surface area (Å²) >= 11 is 0. The van der Waals surface area contributed by atoms with Gasteiger partial charge in [0.15, 0.2) is 24.8 Å². The van der Waals surface area contributed by atoms with Gasteiger partial charge in [-0.05, 0) is 57.9 Å². The average molecular weight is 539 g/mol. The van der Waals surface area contributed by atoms with Gasteiger partial charge in [-0.2, -0.15) is 0 Å². The zero-order chi connectivity index (χ0) is 28.1. The van der Waals surface area contributed by atoms with Gasteiger partial charge in [0.05, 0.1) is 0 Å². The van der Waals surface area contributed by atoms with Crippen LogP contribution >= 0.6 is 0 Å². The molecule has 0 amide bonds. The lowest BCUT2D eigenvalue weighted by atomic mass is 9.69. The second kappa shape index (κ2) is 12.2. The van der Waals surface area contributed by atoms with Gasteiger partial charge in [-0.1, -0.05) is 99.5 Å². The van der Waals surface area contributed by atoms with Crippen LogP contribution in [0.2, 0.25) is 0 Å². The number of aryl methyl sites for hydroxylation is 2. The molecule has 0 N–H and O–H groups in total. The summed E-state index contributed by atoms with van der Waals surface area (Å²) in [5.74, 6) is 0. The minimum atomic E-state index is -0.158. The lowest BCUT2D eigenvalue weighted by Crippen LogP contribution is -2.38. The van der Waals surface area contributed by atoms with Crippen molar-refractivity contribution in [2.45, 2.75) is 70.9 Å². The molecular formula is C39H42N2+2. The van der Waals surface area contributed by atoms with Crippen molar-refractivity contribution in [2.75, 3.05) is 0 Å². The third-order valence-electron chi connectivity index (χ3n) is 8.82. The molecule has 2 heterocycles. The fourth-order valence-electron chi connectivity index (χ4n) is 6.61. The second-order valence-corrected chi connectivity index (χ2v) is 11.7. The molecule has 3 aromatic carbocycles. The minimum Gasteiger partial charge on any atom is -0.205 e. The van der Waals surface area contributed by atoms with Gasteiger partial charge in [-0.25, -0.2) is 9.13 Å². The molecule has 0 saturated carbocycles. The number of unbranched alkanes of at least 4 members (excludes halogenated alkanes) is 2. The van der Waals surface area contributed by atoms with E-state index in [1.54, 1.807) is 0 Å². The number of hydrogen-bond acceptors (Lipinski definition) is 0. The van der Waals surface area contributed by atoms with Crippen LogP contribution in [0.15, 0.2) is 122 Å². The van der Waals surface area contributed by atoms with Crippen LogP contribution in [0, 0.1) is 0 Å². The molecule has 1 aliphatic rings. The first-order valence-electron chi connectivity index (χ1n) is 15.5. The zero-order valence-electron chi connectivity index (χ0n) is 24.6. The summed E-state index contributed by atoms with van der Waals surface area (Å²) in [5.41, 5.74) is 10.9. The van der Waals surface area contributed by atoms with Crippen molar-refractivity contribution in [3.63, 3.8) is 0 Å². The molecule has 6 rings (SSSR count). The van der Waals surface area contributed by atoms with E-state index in [2.05, 4.69) is 145 Å². The zero-order valence-corrected chi connectivity index (χ0v) is 24.6. The van der Waals surface area contributed by atoms with Gasteiger partial charge in [0.25, 0.3) is 0 Å². The van der Waals surface area contributed by atoms with Gasteiger partial charge in [0.1, 0.15) is 13.1 Å². The molecule has 1 aliphatic carbocycles. The van der Waals surface area contributed by atoms with Gasteiger partial charge in [0.2, 0.25) is 0 Å². The first-order chi connectivity index (χ1) is 20.2. The Labute approximate surface area is 246 Å². The van der Waals surface area contributed by atoms with Crippen LogP contribution in [0.25, 0.3) is 22.3 Å². The fraction of sp³-hybridized carbons (Fsp3) is 0.282. The van der Waals surface area contributed by atoms with Gasteiger partial charge in [0, 0.05) is 42.0 Å². The van der Waals surface area contributed by atoms with E-state index >= 15 is 0 Å². The molecule has 0 fully saturated rings. The minimum absolute atomic E-state index is 0.158. The van der Waals surface area contributed by atoms with Gasteiger partial charge >= 0.3 is 0 Å². The smallest absolute Gasteiger partial charge is 0.173 e. The molecule has 206 valence electrons. The number of rotatable bonds is 11. The Balaban J connectivity index is 1.52. The Morgan fingerprint density at radius 2 is 1.10 bits per heavy atom. The summed E-state index contributed by atoms with van der Waals surface area (Å²) in [5, 5.41) is 0. The van der Waals surface area contributed by atoms with Crippen LogP contribution in [-0.4, -0.2) is 0 Å². The summed E-state index contributed by atoms with van der Waals surface area (Å²) in [6.07, 6.45) is 16.0. The first-order valence-corrected chi connectivity index (χ1v) is 15.5. The summed E-state index contributed by atoms with van der Waals surface area (Å²) in [6, 6.07) is 36.4. The highest BCUT2D eigenvalue weighted by molar-refractivity contribution is 5.83. The molecule has 0 unspecified atom stereocenters. The van der Waals surface area contributed by atoms with E-state index in [4.69, 9.17) is 0 Å². The van der Waals surface area contributed by atoms with Crippen molar-refractivity contribution in [3.8, 4) is 22.3 Å². The van der Waals surface area contributed by atoms with Crippen molar-refractivity contribution >= 4 is 0 Å². The summed E-state index contributed by atoms with van der Waals surface area (Å²) in [6.45, 7) is 6.65. The third-order valence-corrected chi connectivity index (χ3v) is 8.82. The molecule has 0 radical (unpaired) electrons. The molecule has 0 bridgehead atoms. The van der Waals surface area contributed by atoms with E-state index in [-0.39, 0.29) is 5.41 Å². The number of aromatic nitrogens is 2. The Kier molecular flexibility index (Phi) is 8.09. The first kappa shape index (κ1) is 27.1. The maximum Gasteiger partial charge on any atom is 0.173 e. The quantitative estimate of drug-likeness (QED) is 0.150. The van der Waals surface area contributed by atoms with Crippen LogP contribution < -0.4 is 9.13 Å². The molecule has 0 spiro atoms. The van der Waals surface area contributed by atoms with Crippen molar-refractivity contribution < 1.29 is 9.13 Å². The van der Waals surface area contributed by atoms with Crippen molar-refractivity contribution in [1.29, 1.82) is 0 Å². The largest absolute Gasteiger partial charge is 0.205 e. The number of fused-ring (bicyclic) bond motifs is 3. The standard InChI is InChI=1S/C39H42N2/c1-3-5-22-40-24-19-33(20-25-40)34-17-18-35-36-21-26-41(23-6-4-2)30-38(36)39(37(35)27-34,28-31-13-9-7-10-14-31)29-32-15-11-8-12-16-32/h7-21,24-27,30H,3-6,22-23,28-29H2,1-2H3/q+2. The topological polar surface area (TPSA) is 7.76 Å². The van der Waals surface area contributed by atoms with Crippen LogP contribution in [0.5, 0.6) is 0 Å². The molecule has 0 aliphatic heterocycles. The van der Waals surface area contributed by atoms with Crippen LogP contribution in [0.1, 0.15) is 61.8 Å².